The lowest BCUT2D eigenvalue weighted by molar-refractivity contribution is 0.0326. The second kappa shape index (κ2) is 6.70. The number of methoxy groups -OCH3 is 1. The fraction of sp³-hybridized carbons (Fsp3) is 0.375. The lowest BCUT2D eigenvalue weighted by Gasteiger charge is -2.18. The molecule has 0 aliphatic heterocycles. The fourth-order valence-corrected chi connectivity index (χ4v) is 2.20. The summed E-state index contributed by atoms with van der Waals surface area (Å²) in [6.07, 6.45) is -0.653. The average Bonchev–Trinajstić information content (AvgIpc) is 2.44. The Morgan fingerprint density at radius 2 is 1.90 bits per heavy atom. The maximum atomic E-state index is 9.73. The van der Waals surface area contributed by atoms with E-state index < -0.39 is 6.10 Å². The summed E-state index contributed by atoms with van der Waals surface area (Å²) >= 11 is 0. The van der Waals surface area contributed by atoms with Gasteiger partial charge in [0.05, 0.1) is 6.61 Å². The molecule has 0 saturated carbocycles. The molecule has 0 spiro atoms. The van der Waals surface area contributed by atoms with Crippen LogP contribution in [0.1, 0.15) is 18.5 Å². The van der Waals surface area contributed by atoms with Crippen molar-refractivity contribution in [1.82, 2.24) is 0 Å². The molecule has 2 unspecified atom stereocenters. The summed E-state index contributed by atoms with van der Waals surface area (Å²) in [7, 11) is 1.55. The number of hydrogen-bond acceptors (Lipinski definition) is 4. The predicted octanol–water partition coefficient (Wildman–Crippen LogP) is 2.25. The molecule has 3 N–H and O–H groups in total. The third-order valence-corrected chi connectivity index (χ3v) is 3.18. The molecular weight excluding hydrogens is 254 g/mol. The monoisotopic (exact) mass is 275 g/mol. The molecule has 108 valence electrons. The van der Waals surface area contributed by atoms with Crippen LogP contribution in [0, 0.1) is 0 Å². The van der Waals surface area contributed by atoms with Gasteiger partial charge in [-0.05, 0) is 12.3 Å². The van der Waals surface area contributed by atoms with Crippen molar-refractivity contribution in [3.8, 4) is 5.75 Å². The van der Waals surface area contributed by atoms with E-state index in [2.05, 4.69) is 0 Å². The van der Waals surface area contributed by atoms with E-state index in [1.54, 1.807) is 7.11 Å². The van der Waals surface area contributed by atoms with Gasteiger partial charge < -0.3 is 20.3 Å². The highest BCUT2D eigenvalue weighted by Gasteiger charge is 2.14. The summed E-state index contributed by atoms with van der Waals surface area (Å²) < 4.78 is 10.7. The summed E-state index contributed by atoms with van der Waals surface area (Å²) in [5, 5.41) is 11.8. The average molecular weight is 275 g/mol. The number of rotatable bonds is 6. The van der Waals surface area contributed by atoms with Crippen LogP contribution < -0.4 is 10.5 Å². The first-order chi connectivity index (χ1) is 9.63. The Bertz CT molecular complexity index is 569. The molecule has 2 aromatic carbocycles. The van der Waals surface area contributed by atoms with Crippen molar-refractivity contribution < 1.29 is 14.6 Å². The molecule has 2 atom stereocenters. The highest BCUT2D eigenvalue weighted by atomic mass is 16.5. The SMILES string of the molecule is COCC(O)COc1c(C(C)N)ccc2ccccc12. The van der Waals surface area contributed by atoms with Crippen molar-refractivity contribution in [1.29, 1.82) is 0 Å². The van der Waals surface area contributed by atoms with Crippen LogP contribution in [0.15, 0.2) is 36.4 Å². The lowest BCUT2D eigenvalue weighted by atomic mass is 10.0. The molecule has 0 aromatic heterocycles. The molecule has 4 nitrogen and oxygen atoms in total. The summed E-state index contributed by atoms with van der Waals surface area (Å²) in [4.78, 5) is 0. The molecule has 0 heterocycles. The van der Waals surface area contributed by atoms with Crippen molar-refractivity contribution in [3.05, 3.63) is 42.0 Å². The molecule has 0 fully saturated rings. The van der Waals surface area contributed by atoms with Gasteiger partial charge in [-0.3, -0.25) is 0 Å². The Kier molecular flexibility index (Phi) is 4.95. The molecule has 2 rings (SSSR count). The molecule has 0 amide bonds. The van der Waals surface area contributed by atoms with Gasteiger partial charge in [0.25, 0.3) is 0 Å². The Hall–Kier alpha value is -1.62. The third kappa shape index (κ3) is 3.28. The minimum atomic E-state index is -0.653. The molecule has 4 heteroatoms. The molecule has 2 aromatic rings. The van der Waals surface area contributed by atoms with Gasteiger partial charge in [-0.2, -0.15) is 0 Å². The van der Waals surface area contributed by atoms with Gasteiger partial charge in [-0.1, -0.05) is 36.4 Å². The predicted molar refractivity (Wildman–Crippen MR) is 79.9 cm³/mol. The quantitative estimate of drug-likeness (QED) is 0.848. The smallest absolute Gasteiger partial charge is 0.132 e. The van der Waals surface area contributed by atoms with Gasteiger partial charge in [-0.15, -0.1) is 0 Å². The second-order valence-electron chi connectivity index (χ2n) is 4.91. The molecule has 0 aliphatic rings. The standard InChI is InChI=1S/C16H21NO3/c1-11(17)14-8-7-12-5-3-4-6-15(12)16(14)20-10-13(18)9-19-2/h3-8,11,13,18H,9-10,17H2,1-2H3. The van der Waals surface area contributed by atoms with Crippen molar-refractivity contribution in [2.24, 2.45) is 5.73 Å². The van der Waals surface area contributed by atoms with Crippen molar-refractivity contribution in [2.45, 2.75) is 19.1 Å². The van der Waals surface area contributed by atoms with Crippen LogP contribution in [0.5, 0.6) is 5.75 Å². The first-order valence-corrected chi connectivity index (χ1v) is 6.70. The summed E-state index contributed by atoms with van der Waals surface area (Å²) in [6, 6.07) is 11.9. The van der Waals surface area contributed by atoms with Crippen LogP contribution in [0.2, 0.25) is 0 Å². The van der Waals surface area contributed by atoms with E-state index in [0.717, 1.165) is 22.1 Å². The van der Waals surface area contributed by atoms with Crippen LogP contribution in [0.3, 0.4) is 0 Å². The van der Waals surface area contributed by atoms with E-state index in [1.807, 2.05) is 43.3 Å². The lowest BCUT2D eigenvalue weighted by Crippen LogP contribution is -2.23. The zero-order chi connectivity index (χ0) is 14.5. The maximum Gasteiger partial charge on any atom is 0.132 e. The topological polar surface area (TPSA) is 64.7 Å². The van der Waals surface area contributed by atoms with Crippen molar-refractivity contribution >= 4 is 10.8 Å². The number of ether oxygens (including phenoxy) is 2. The molecule has 20 heavy (non-hydrogen) atoms. The molecular formula is C16H21NO3. The number of nitrogens with two attached hydrogens (primary N) is 1. The van der Waals surface area contributed by atoms with E-state index >= 15 is 0 Å². The molecule has 0 aliphatic carbocycles. The number of aliphatic hydroxyl groups is 1. The zero-order valence-corrected chi connectivity index (χ0v) is 11.9. The van der Waals surface area contributed by atoms with Gasteiger partial charge >= 0.3 is 0 Å². The Balaban J connectivity index is 2.34. The van der Waals surface area contributed by atoms with E-state index in [-0.39, 0.29) is 19.3 Å². The van der Waals surface area contributed by atoms with Crippen molar-refractivity contribution in [2.75, 3.05) is 20.3 Å². The fourth-order valence-electron chi connectivity index (χ4n) is 2.20. The van der Waals surface area contributed by atoms with Crippen molar-refractivity contribution in [3.63, 3.8) is 0 Å². The maximum absolute atomic E-state index is 9.73. The Morgan fingerprint density at radius 3 is 2.60 bits per heavy atom. The number of hydrogen-bond donors (Lipinski definition) is 2. The third-order valence-electron chi connectivity index (χ3n) is 3.18. The number of aliphatic hydroxyl groups excluding tert-OH is 1. The molecule has 0 saturated heterocycles. The van der Waals surface area contributed by atoms with Crippen LogP contribution >= 0.6 is 0 Å². The number of fused-ring (bicyclic) bond motifs is 1. The van der Waals surface area contributed by atoms with Crippen LogP contribution in [0.25, 0.3) is 10.8 Å². The Labute approximate surface area is 119 Å². The minimum absolute atomic E-state index is 0.130. The van der Waals surface area contributed by atoms with Gasteiger partial charge in [-0.25, -0.2) is 0 Å². The summed E-state index contributed by atoms with van der Waals surface area (Å²) in [5.74, 6) is 0.744. The van der Waals surface area contributed by atoms with Crippen LogP contribution in [0.4, 0.5) is 0 Å². The zero-order valence-electron chi connectivity index (χ0n) is 11.9. The number of benzene rings is 2. The first-order valence-electron chi connectivity index (χ1n) is 6.70. The minimum Gasteiger partial charge on any atom is -0.490 e. The first kappa shape index (κ1) is 14.8. The van der Waals surface area contributed by atoms with E-state index in [9.17, 15) is 5.11 Å². The highest BCUT2D eigenvalue weighted by molar-refractivity contribution is 5.89. The van der Waals surface area contributed by atoms with Gasteiger partial charge in [0.2, 0.25) is 0 Å². The van der Waals surface area contributed by atoms with E-state index in [0.29, 0.717) is 0 Å². The van der Waals surface area contributed by atoms with Gasteiger partial charge in [0.1, 0.15) is 18.5 Å². The largest absolute Gasteiger partial charge is 0.490 e. The Morgan fingerprint density at radius 1 is 1.15 bits per heavy atom. The normalized spacial score (nSPS) is 14.2. The summed E-state index contributed by atoms with van der Waals surface area (Å²) in [5.41, 5.74) is 6.94. The van der Waals surface area contributed by atoms with Gasteiger partial charge in [0, 0.05) is 24.1 Å². The second-order valence-corrected chi connectivity index (χ2v) is 4.91. The van der Waals surface area contributed by atoms with Crippen LogP contribution in [-0.4, -0.2) is 31.5 Å². The summed E-state index contributed by atoms with van der Waals surface area (Å²) in [6.45, 7) is 2.35. The van der Waals surface area contributed by atoms with E-state index in [1.165, 1.54) is 0 Å². The van der Waals surface area contributed by atoms with Gasteiger partial charge in [0.15, 0.2) is 0 Å². The molecule has 0 bridgehead atoms. The highest BCUT2D eigenvalue weighted by Crippen LogP contribution is 2.33. The van der Waals surface area contributed by atoms with E-state index in [4.69, 9.17) is 15.2 Å². The molecule has 0 radical (unpaired) electrons. The van der Waals surface area contributed by atoms with Crippen LogP contribution in [-0.2, 0) is 4.74 Å².